The van der Waals surface area contributed by atoms with E-state index in [4.69, 9.17) is 0 Å². The van der Waals surface area contributed by atoms with Gasteiger partial charge in [-0.05, 0) is 12.8 Å². The van der Waals surface area contributed by atoms with Crippen LogP contribution in [0.5, 0.6) is 0 Å². The van der Waals surface area contributed by atoms with Crippen molar-refractivity contribution < 1.29 is 8.60 Å². The minimum atomic E-state index is -0.885. The quantitative estimate of drug-likeness (QED) is 0.554. The van der Waals surface area contributed by atoms with Gasteiger partial charge in [0.15, 0.2) is 0 Å². The standard InChI is InChI=1S/C8H15FOS/c9-8-5-3-1-2-4-6-11(10)7-8/h8H,1-7H2. The third kappa shape index (κ3) is 3.85. The highest BCUT2D eigenvalue weighted by Gasteiger charge is 2.12. The predicted molar refractivity (Wildman–Crippen MR) is 45.9 cm³/mol. The summed E-state index contributed by atoms with van der Waals surface area (Å²) < 4.78 is 23.9. The predicted octanol–water partition coefficient (Wildman–Crippen LogP) is 2.04. The molecular formula is C8H15FOS. The largest absolute Gasteiger partial charge is 0.259 e. The first kappa shape index (κ1) is 9.17. The Morgan fingerprint density at radius 1 is 1.18 bits per heavy atom. The van der Waals surface area contributed by atoms with Crippen LogP contribution >= 0.6 is 0 Å². The smallest absolute Gasteiger partial charge is 0.112 e. The lowest BCUT2D eigenvalue weighted by Crippen LogP contribution is -2.12. The molecule has 2 atom stereocenters. The number of alkyl halides is 1. The Morgan fingerprint density at radius 2 is 1.91 bits per heavy atom. The molecule has 1 fully saturated rings. The van der Waals surface area contributed by atoms with Gasteiger partial charge in [0.2, 0.25) is 0 Å². The summed E-state index contributed by atoms with van der Waals surface area (Å²) in [4.78, 5) is 0. The summed E-state index contributed by atoms with van der Waals surface area (Å²) in [6.07, 6.45) is 4.02. The fourth-order valence-electron chi connectivity index (χ4n) is 1.35. The molecule has 1 rings (SSSR count). The highest BCUT2D eigenvalue weighted by Crippen LogP contribution is 2.13. The van der Waals surface area contributed by atoms with Gasteiger partial charge in [0.05, 0.1) is 5.75 Å². The molecule has 0 saturated carbocycles. The van der Waals surface area contributed by atoms with Crippen molar-refractivity contribution in [2.45, 2.75) is 38.3 Å². The van der Waals surface area contributed by atoms with Gasteiger partial charge >= 0.3 is 0 Å². The lowest BCUT2D eigenvalue weighted by Gasteiger charge is -2.03. The zero-order valence-corrected chi connectivity index (χ0v) is 7.54. The molecule has 0 aromatic rings. The first-order valence-electron chi connectivity index (χ1n) is 4.28. The molecule has 11 heavy (non-hydrogen) atoms. The molecule has 1 heterocycles. The molecule has 3 heteroatoms. The third-order valence-corrected chi connectivity index (χ3v) is 3.48. The second-order valence-electron chi connectivity index (χ2n) is 3.11. The maximum Gasteiger partial charge on any atom is 0.112 e. The summed E-state index contributed by atoms with van der Waals surface area (Å²) in [5.74, 6) is 0.987. The molecule has 1 nitrogen and oxygen atoms in total. The molecule has 0 bridgehead atoms. The number of hydrogen-bond donors (Lipinski definition) is 0. The maximum atomic E-state index is 12.9. The van der Waals surface area contributed by atoms with Crippen LogP contribution < -0.4 is 0 Å². The van der Waals surface area contributed by atoms with Crippen LogP contribution in [0.2, 0.25) is 0 Å². The van der Waals surface area contributed by atoms with E-state index in [1.165, 1.54) is 0 Å². The molecular weight excluding hydrogens is 163 g/mol. The van der Waals surface area contributed by atoms with Crippen molar-refractivity contribution >= 4 is 10.8 Å². The first-order valence-corrected chi connectivity index (χ1v) is 5.77. The van der Waals surface area contributed by atoms with Gasteiger partial charge in [0.1, 0.15) is 6.17 Å². The summed E-state index contributed by atoms with van der Waals surface area (Å²) in [7, 11) is -0.885. The average molecular weight is 178 g/mol. The van der Waals surface area contributed by atoms with E-state index in [2.05, 4.69) is 0 Å². The van der Waals surface area contributed by atoms with Crippen LogP contribution in [0.15, 0.2) is 0 Å². The molecule has 0 spiro atoms. The zero-order chi connectivity index (χ0) is 8.10. The van der Waals surface area contributed by atoms with E-state index < -0.39 is 17.0 Å². The van der Waals surface area contributed by atoms with Crippen molar-refractivity contribution in [3.05, 3.63) is 0 Å². The highest BCUT2D eigenvalue weighted by atomic mass is 32.2. The molecule has 0 aromatic heterocycles. The number of halogens is 1. The molecule has 0 N–H and O–H groups in total. The van der Waals surface area contributed by atoms with Gasteiger partial charge in [-0.3, -0.25) is 4.21 Å². The SMILES string of the molecule is O=S1CCCCCCC(F)C1. The van der Waals surface area contributed by atoms with Gasteiger partial charge < -0.3 is 0 Å². The van der Waals surface area contributed by atoms with Gasteiger partial charge in [0, 0.05) is 16.6 Å². The minimum Gasteiger partial charge on any atom is -0.259 e. The highest BCUT2D eigenvalue weighted by molar-refractivity contribution is 7.85. The first-order chi connectivity index (χ1) is 5.29. The van der Waals surface area contributed by atoms with Gasteiger partial charge in [0.25, 0.3) is 0 Å². The Kier molecular flexibility index (Phi) is 4.05. The molecule has 1 aliphatic heterocycles. The van der Waals surface area contributed by atoms with Gasteiger partial charge in [-0.25, -0.2) is 4.39 Å². The second kappa shape index (κ2) is 4.86. The van der Waals surface area contributed by atoms with Crippen molar-refractivity contribution in [3.8, 4) is 0 Å². The van der Waals surface area contributed by atoms with Crippen molar-refractivity contribution in [2.75, 3.05) is 11.5 Å². The van der Waals surface area contributed by atoms with Crippen molar-refractivity contribution in [3.63, 3.8) is 0 Å². The molecule has 2 unspecified atom stereocenters. The monoisotopic (exact) mass is 178 g/mol. The fourth-order valence-corrected chi connectivity index (χ4v) is 2.61. The Morgan fingerprint density at radius 3 is 2.73 bits per heavy atom. The van der Waals surface area contributed by atoms with E-state index >= 15 is 0 Å². The van der Waals surface area contributed by atoms with Crippen LogP contribution in [-0.4, -0.2) is 21.9 Å². The lowest BCUT2D eigenvalue weighted by atomic mass is 10.1. The third-order valence-electron chi connectivity index (χ3n) is 2.01. The van der Waals surface area contributed by atoms with Gasteiger partial charge in [-0.2, -0.15) is 0 Å². The zero-order valence-electron chi connectivity index (χ0n) is 6.72. The fraction of sp³-hybridized carbons (Fsp3) is 1.00. The molecule has 0 aromatic carbocycles. The minimum absolute atomic E-state index is 0.278. The number of hydrogen-bond acceptors (Lipinski definition) is 1. The van der Waals surface area contributed by atoms with Crippen molar-refractivity contribution in [1.82, 2.24) is 0 Å². The second-order valence-corrected chi connectivity index (χ2v) is 4.73. The van der Waals surface area contributed by atoms with E-state index in [-0.39, 0.29) is 5.75 Å². The van der Waals surface area contributed by atoms with E-state index in [0.29, 0.717) is 12.2 Å². The van der Waals surface area contributed by atoms with E-state index in [0.717, 1.165) is 25.7 Å². The summed E-state index contributed by atoms with van der Waals surface area (Å²) in [5, 5.41) is 0. The van der Waals surface area contributed by atoms with Crippen molar-refractivity contribution in [1.29, 1.82) is 0 Å². The molecule has 0 aliphatic carbocycles. The van der Waals surface area contributed by atoms with Crippen LogP contribution in [0, 0.1) is 0 Å². The Labute approximate surface area is 69.8 Å². The normalized spacial score (nSPS) is 35.4. The van der Waals surface area contributed by atoms with Crippen LogP contribution in [0.25, 0.3) is 0 Å². The number of rotatable bonds is 0. The summed E-state index contributed by atoms with van der Waals surface area (Å²) in [5.41, 5.74) is 0. The van der Waals surface area contributed by atoms with E-state index in [1.54, 1.807) is 0 Å². The molecule has 1 aliphatic rings. The van der Waals surface area contributed by atoms with Crippen LogP contribution in [-0.2, 0) is 10.8 Å². The Balaban J connectivity index is 2.33. The maximum absolute atomic E-state index is 12.9. The summed E-state index contributed by atoms with van der Waals surface area (Å²) in [6.45, 7) is 0. The van der Waals surface area contributed by atoms with Crippen LogP contribution in [0.3, 0.4) is 0 Å². The topological polar surface area (TPSA) is 17.1 Å². The van der Waals surface area contributed by atoms with Crippen LogP contribution in [0.1, 0.15) is 32.1 Å². The Bertz CT molecular complexity index is 138. The summed E-state index contributed by atoms with van der Waals surface area (Å²) >= 11 is 0. The van der Waals surface area contributed by atoms with Gasteiger partial charge in [-0.15, -0.1) is 0 Å². The van der Waals surface area contributed by atoms with E-state index in [9.17, 15) is 8.60 Å². The van der Waals surface area contributed by atoms with Gasteiger partial charge in [-0.1, -0.05) is 19.3 Å². The summed E-state index contributed by atoms with van der Waals surface area (Å²) in [6, 6.07) is 0. The van der Waals surface area contributed by atoms with Crippen LogP contribution in [0.4, 0.5) is 4.39 Å². The lowest BCUT2D eigenvalue weighted by molar-refractivity contribution is 0.336. The molecule has 1 saturated heterocycles. The Hall–Kier alpha value is 0.0800. The molecule has 66 valence electrons. The average Bonchev–Trinajstić information content (AvgIpc) is 2.02. The molecule has 0 radical (unpaired) electrons. The van der Waals surface area contributed by atoms with E-state index in [1.807, 2.05) is 0 Å². The van der Waals surface area contributed by atoms with Crippen molar-refractivity contribution in [2.24, 2.45) is 0 Å². The molecule has 0 amide bonds.